The monoisotopic (exact) mass is 261 g/mol. The second-order valence-corrected chi connectivity index (χ2v) is 5.62. The van der Waals surface area contributed by atoms with Crippen LogP contribution in [0.1, 0.15) is 22.9 Å². The predicted molar refractivity (Wildman–Crippen MR) is 62.7 cm³/mol. The van der Waals surface area contributed by atoms with Crippen molar-refractivity contribution in [2.45, 2.75) is 18.8 Å². The zero-order valence-corrected chi connectivity index (χ0v) is 10.4. The van der Waals surface area contributed by atoms with Crippen molar-refractivity contribution in [2.24, 2.45) is 0 Å². The van der Waals surface area contributed by atoms with Crippen molar-refractivity contribution in [3.05, 3.63) is 33.2 Å². The van der Waals surface area contributed by atoms with Gasteiger partial charge in [-0.2, -0.15) is 0 Å². The molecule has 0 saturated heterocycles. The van der Waals surface area contributed by atoms with Crippen molar-refractivity contribution in [3.63, 3.8) is 0 Å². The fraction of sp³-hybridized carbons (Fsp3) is 0.333. The highest BCUT2D eigenvalue weighted by molar-refractivity contribution is 7.16. The Kier molecular flexibility index (Phi) is 3.29. The van der Waals surface area contributed by atoms with Crippen LogP contribution in [0.3, 0.4) is 0 Å². The zero-order valence-electron chi connectivity index (χ0n) is 8.02. The lowest BCUT2D eigenvalue weighted by molar-refractivity contribution is 0.655. The van der Waals surface area contributed by atoms with E-state index in [1.165, 1.54) is 0 Å². The van der Waals surface area contributed by atoms with Crippen molar-refractivity contribution < 1.29 is 0 Å². The molecule has 0 radical (unpaired) electrons. The summed E-state index contributed by atoms with van der Waals surface area (Å²) in [5.74, 6) is 0. The molecule has 1 unspecified atom stereocenters. The van der Waals surface area contributed by atoms with E-state index in [4.69, 9.17) is 23.2 Å². The molecule has 0 saturated carbocycles. The maximum Gasteiger partial charge on any atom is 0.100 e. The van der Waals surface area contributed by atoms with Gasteiger partial charge in [0, 0.05) is 4.88 Å². The molecule has 0 aliphatic carbocycles. The Bertz CT molecular complexity index is 450. The van der Waals surface area contributed by atoms with Crippen molar-refractivity contribution in [2.75, 3.05) is 0 Å². The summed E-state index contributed by atoms with van der Waals surface area (Å²) in [5, 5.41) is 7.85. The highest BCUT2D eigenvalue weighted by atomic mass is 35.5. The molecule has 0 aromatic carbocycles. The maximum absolute atomic E-state index is 5.89. The molecular formula is C9H9Cl2N3S. The van der Waals surface area contributed by atoms with Crippen LogP contribution in [0.4, 0.5) is 0 Å². The van der Waals surface area contributed by atoms with Crippen LogP contribution < -0.4 is 0 Å². The summed E-state index contributed by atoms with van der Waals surface area (Å²) in [6.45, 7) is 2.56. The van der Waals surface area contributed by atoms with Crippen LogP contribution in [0, 0.1) is 0 Å². The van der Waals surface area contributed by atoms with Gasteiger partial charge in [0.2, 0.25) is 0 Å². The molecule has 0 N–H and O–H groups in total. The van der Waals surface area contributed by atoms with Gasteiger partial charge in [0.25, 0.3) is 0 Å². The quantitative estimate of drug-likeness (QED) is 0.794. The smallest absolute Gasteiger partial charge is 0.100 e. The SMILES string of the molecule is CC(Cl)c1cn(Cc2ccc(Cl)s2)nn1. The summed E-state index contributed by atoms with van der Waals surface area (Å²) in [5.41, 5.74) is 0.791. The number of hydrogen-bond acceptors (Lipinski definition) is 3. The minimum Gasteiger partial charge on any atom is -0.247 e. The third kappa shape index (κ3) is 2.71. The maximum atomic E-state index is 5.89. The fourth-order valence-electron chi connectivity index (χ4n) is 1.17. The molecule has 0 spiro atoms. The molecule has 0 bridgehead atoms. The Morgan fingerprint density at radius 2 is 2.33 bits per heavy atom. The van der Waals surface area contributed by atoms with Gasteiger partial charge in [-0.25, -0.2) is 4.68 Å². The van der Waals surface area contributed by atoms with Gasteiger partial charge in [-0.3, -0.25) is 0 Å². The lowest BCUT2D eigenvalue weighted by atomic mass is 10.4. The zero-order chi connectivity index (χ0) is 10.8. The Morgan fingerprint density at radius 3 is 2.87 bits per heavy atom. The van der Waals surface area contributed by atoms with Crippen LogP contribution in [-0.4, -0.2) is 15.0 Å². The average molecular weight is 262 g/mol. The lowest BCUT2D eigenvalue weighted by Crippen LogP contribution is -1.98. The highest BCUT2D eigenvalue weighted by Gasteiger charge is 2.07. The fourth-order valence-corrected chi connectivity index (χ4v) is 2.35. The summed E-state index contributed by atoms with van der Waals surface area (Å²) in [6, 6.07) is 3.86. The Balaban J connectivity index is 2.11. The molecule has 0 aliphatic heterocycles. The molecule has 80 valence electrons. The summed E-state index contributed by atoms with van der Waals surface area (Å²) in [4.78, 5) is 1.15. The molecule has 0 aliphatic rings. The van der Waals surface area contributed by atoms with Crippen molar-refractivity contribution in [1.82, 2.24) is 15.0 Å². The van der Waals surface area contributed by atoms with E-state index in [1.807, 2.05) is 25.3 Å². The van der Waals surface area contributed by atoms with Crippen molar-refractivity contribution in [1.29, 1.82) is 0 Å². The van der Waals surface area contributed by atoms with E-state index in [-0.39, 0.29) is 5.38 Å². The van der Waals surface area contributed by atoms with Crippen LogP contribution in [0.15, 0.2) is 18.3 Å². The molecule has 2 aromatic rings. The number of rotatable bonds is 3. The molecule has 0 fully saturated rings. The Hall–Kier alpha value is -0.580. The third-order valence-electron chi connectivity index (χ3n) is 1.91. The van der Waals surface area contributed by atoms with E-state index >= 15 is 0 Å². The second kappa shape index (κ2) is 4.51. The molecule has 2 aromatic heterocycles. The first-order valence-corrected chi connectivity index (χ1v) is 6.06. The third-order valence-corrected chi connectivity index (χ3v) is 3.35. The highest BCUT2D eigenvalue weighted by Crippen LogP contribution is 2.22. The predicted octanol–water partition coefficient (Wildman–Crippen LogP) is 3.34. The topological polar surface area (TPSA) is 30.7 Å². The molecular weight excluding hydrogens is 253 g/mol. The van der Waals surface area contributed by atoms with Crippen LogP contribution in [-0.2, 0) is 6.54 Å². The van der Waals surface area contributed by atoms with Gasteiger partial charge >= 0.3 is 0 Å². The molecule has 3 nitrogen and oxygen atoms in total. The van der Waals surface area contributed by atoms with E-state index in [9.17, 15) is 0 Å². The van der Waals surface area contributed by atoms with Crippen LogP contribution in [0.2, 0.25) is 4.34 Å². The first kappa shape index (κ1) is 10.9. The van der Waals surface area contributed by atoms with Crippen LogP contribution >= 0.6 is 34.5 Å². The number of nitrogens with zero attached hydrogens (tertiary/aromatic N) is 3. The molecule has 0 amide bonds. The van der Waals surface area contributed by atoms with E-state index in [2.05, 4.69) is 10.3 Å². The summed E-state index contributed by atoms with van der Waals surface area (Å²) >= 11 is 13.3. The molecule has 2 heterocycles. The van der Waals surface area contributed by atoms with E-state index in [1.54, 1.807) is 16.0 Å². The van der Waals surface area contributed by atoms with Gasteiger partial charge in [-0.1, -0.05) is 16.8 Å². The minimum atomic E-state index is -0.106. The van der Waals surface area contributed by atoms with Gasteiger partial charge in [-0.15, -0.1) is 28.0 Å². The largest absolute Gasteiger partial charge is 0.247 e. The van der Waals surface area contributed by atoms with E-state index in [0.29, 0.717) is 6.54 Å². The summed E-state index contributed by atoms with van der Waals surface area (Å²) in [7, 11) is 0. The summed E-state index contributed by atoms with van der Waals surface area (Å²) < 4.78 is 2.55. The number of aromatic nitrogens is 3. The first-order chi connectivity index (χ1) is 7.15. The summed E-state index contributed by atoms with van der Waals surface area (Å²) in [6.07, 6.45) is 1.85. The number of thiophene rings is 1. The van der Waals surface area contributed by atoms with Crippen LogP contribution in [0.5, 0.6) is 0 Å². The average Bonchev–Trinajstić information content (AvgIpc) is 2.76. The number of halogens is 2. The minimum absolute atomic E-state index is 0.106. The molecule has 2 rings (SSSR count). The second-order valence-electron chi connectivity index (χ2n) is 3.16. The Morgan fingerprint density at radius 1 is 1.53 bits per heavy atom. The standard InChI is InChI=1S/C9H9Cl2N3S/c1-6(10)8-5-14(13-12-8)4-7-2-3-9(11)15-7/h2-3,5-6H,4H2,1H3. The Labute approximate surface area is 102 Å². The van der Waals surface area contributed by atoms with Gasteiger partial charge in [0.05, 0.1) is 22.5 Å². The normalized spacial score (nSPS) is 13.0. The van der Waals surface area contributed by atoms with Gasteiger partial charge < -0.3 is 0 Å². The van der Waals surface area contributed by atoms with Crippen molar-refractivity contribution >= 4 is 34.5 Å². The van der Waals surface area contributed by atoms with Crippen LogP contribution in [0.25, 0.3) is 0 Å². The lowest BCUT2D eigenvalue weighted by Gasteiger charge is -1.96. The first-order valence-electron chi connectivity index (χ1n) is 4.43. The number of alkyl halides is 1. The van der Waals surface area contributed by atoms with Crippen molar-refractivity contribution in [3.8, 4) is 0 Å². The van der Waals surface area contributed by atoms with Gasteiger partial charge in [0.15, 0.2) is 0 Å². The van der Waals surface area contributed by atoms with Gasteiger partial charge in [-0.05, 0) is 19.1 Å². The molecule has 6 heteroatoms. The number of hydrogen-bond donors (Lipinski definition) is 0. The van der Waals surface area contributed by atoms with E-state index < -0.39 is 0 Å². The molecule has 15 heavy (non-hydrogen) atoms. The van der Waals surface area contributed by atoms with E-state index in [0.717, 1.165) is 14.9 Å². The molecule has 1 atom stereocenters. The van der Waals surface area contributed by atoms with Gasteiger partial charge in [0.1, 0.15) is 5.69 Å².